The fourth-order valence-corrected chi connectivity index (χ4v) is 2.32. The minimum absolute atomic E-state index is 0.00380. The Balaban J connectivity index is 2.70. The van der Waals surface area contributed by atoms with Gasteiger partial charge < -0.3 is 4.74 Å². The number of benzene rings is 1. The van der Waals surface area contributed by atoms with Gasteiger partial charge in [0.15, 0.2) is 9.84 Å². The van der Waals surface area contributed by atoms with E-state index >= 15 is 0 Å². The number of carbonyl (C=O) groups excluding carboxylic acids is 1. The summed E-state index contributed by atoms with van der Waals surface area (Å²) in [7, 11) is -1.74. The first-order chi connectivity index (χ1) is 9.00. The number of sulfone groups is 1. The molecule has 0 radical (unpaired) electrons. The van der Waals surface area contributed by atoms with Crippen molar-refractivity contribution in [2.45, 2.75) is 13.0 Å². The van der Waals surface area contributed by atoms with Crippen molar-refractivity contribution in [3.63, 3.8) is 0 Å². The standard InChI is InChI=1S/C13H19NO4S/c1-3-19(16,17)10-9-14-12(13(15)18-2)11-7-5-4-6-8-11/h4-8,12,14H,3,9-10H2,1-2H3. The lowest BCUT2D eigenvalue weighted by Crippen LogP contribution is -2.33. The van der Waals surface area contributed by atoms with E-state index in [1.807, 2.05) is 18.2 Å². The van der Waals surface area contributed by atoms with Crippen LogP contribution < -0.4 is 5.32 Å². The zero-order chi connectivity index (χ0) is 14.3. The van der Waals surface area contributed by atoms with Crippen molar-refractivity contribution in [3.8, 4) is 0 Å². The van der Waals surface area contributed by atoms with Crippen molar-refractivity contribution >= 4 is 15.8 Å². The molecule has 0 aliphatic rings. The molecule has 1 N–H and O–H groups in total. The molecule has 0 fully saturated rings. The molecule has 0 aliphatic carbocycles. The van der Waals surface area contributed by atoms with Crippen LogP contribution in [0.15, 0.2) is 30.3 Å². The zero-order valence-corrected chi connectivity index (χ0v) is 11.9. The van der Waals surface area contributed by atoms with Gasteiger partial charge in [-0.15, -0.1) is 0 Å². The van der Waals surface area contributed by atoms with E-state index in [-0.39, 0.29) is 18.1 Å². The Bertz CT molecular complexity index is 499. The van der Waals surface area contributed by atoms with Gasteiger partial charge in [0.05, 0.1) is 12.9 Å². The maximum Gasteiger partial charge on any atom is 0.327 e. The average molecular weight is 285 g/mol. The van der Waals surface area contributed by atoms with E-state index in [4.69, 9.17) is 4.74 Å². The van der Waals surface area contributed by atoms with Gasteiger partial charge in [-0.25, -0.2) is 13.2 Å². The summed E-state index contributed by atoms with van der Waals surface area (Å²) in [5, 5.41) is 2.92. The summed E-state index contributed by atoms with van der Waals surface area (Å²) < 4.78 is 27.5. The maximum atomic E-state index is 11.7. The second-order valence-electron chi connectivity index (χ2n) is 4.06. The van der Waals surface area contributed by atoms with Crippen molar-refractivity contribution in [2.75, 3.05) is 25.2 Å². The quantitative estimate of drug-likeness (QED) is 0.754. The predicted octanol–water partition coefficient (Wildman–Crippen LogP) is 0.925. The van der Waals surface area contributed by atoms with Gasteiger partial charge in [-0.1, -0.05) is 37.3 Å². The zero-order valence-electron chi connectivity index (χ0n) is 11.1. The molecule has 0 aromatic heterocycles. The molecule has 0 heterocycles. The Kier molecular flexibility index (Phi) is 5.98. The van der Waals surface area contributed by atoms with Gasteiger partial charge in [0.1, 0.15) is 6.04 Å². The molecule has 0 saturated heterocycles. The van der Waals surface area contributed by atoms with Crippen LogP contribution in [0.3, 0.4) is 0 Å². The fraction of sp³-hybridized carbons (Fsp3) is 0.462. The van der Waals surface area contributed by atoms with E-state index < -0.39 is 21.8 Å². The highest BCUT2D eigenvalue weighted by molar-refractivity contribution is 7.91. The van der Waals surface area contributed by atoms with Crippen LogP contribution in [-0.2, 0) is 19.4 Å². The van der Waals surface area contributed by atoms with Gasteiger partial charge in [-0.3, -0.25) is 5.32 Å². The molecule has 0 saturated carbocycles. The number of ether oxygens (including phenoxy) is 1. The summed E-state index contributed by atoms with van der Waals surface area (Å²) in [4.78, 5) is 11.7. The molecule has 1 aromatic rings. The fourth-order valence-electron chi connectivity index (χ4n) is 1.60. The lowest BCUT2D eigenvalue weighted by molar-refractivity contribution is -0.143. The molecule has 1 unspecified atom stereocenters. The lowest BCUT2D eigenvalue weighted by atomic mass is 10.1. The first-order valence-corrected chi connectivity index (χ1v) is 7.89. The summed E-state index contributed by atoms with van der Waals surface area (Å²) in [6.45, 7) is 1.81. The monoisotopic (exact) mass is 285 g/mol. The van der Waals surface area contributed by atoms with Crippen LogP contribution in [0.1, 0.15) is 18.5 Å². The number of hydrogen-bond acceptors (Lipinski definition) is 5. The third-order valence-corrected chi connectivity index (χ3v) is 4.48. The van der Waals surface area contributed by atoms with Crippen molar-refractivity contribution < 1.29 is 17.9 Å². The van der Waals surface area contributed by atoms with Crippen LogP contribution in [0.4, 0.5) is 0 Å². The van der Waals surface area contributed by atoms with Gasteiger partial charge >= 0.3 is 5.97 Å². The maximum absolute atomic E-state index is 11.7. The molecule has 0 amide bonds. The highest BCUT2D eigenvalue weighted by atomic mass is 32.2. The smallest absolute Gasteiger partial charge is 0.327 e. The van der Waals surface area contributed by atoms with Crippen LogP contribution in [0.2, 0.25) is 0 Å². The van der Waals surface area contributed by atoms with Gasteiger partial charge in [-0.2, -0.15) is 0 Å². The van der Waals surface area contributed by atoms with E-state index in [0.29, 0.717) is 0 Å². The summed E-state index contributed by atoms with van der Waals surface area (Å²) in [5.41, 5.74) is 0.753. The number of rotatable bonds is 7. The minimum Gasteiger partial charge on any atom is -0.468 e. The topological polar surface area (TPSA) is 72.5 Å². The Morgan fingerprint density at radius 3 is 2.47 bits per heavy atom. The number of esters is 1. The highest BCUT2D eigenvalue weighted by Crippen LogP contribution is 2.13. The molecule has 6 heteroatoms. The SMILES string of the molecule is CCS(=O)(=O)CCNC(C(=O)OC)c1ccccc1. The molecule has 1 aromatic carbocycles. The Hall–Kier alpha value is -1.40. The number of methoxy groups -OCH3 is 1. The lowest BCUT2D eigenvalue weighted by Gasteiger charge is -2.16. The molecule has 0 bridgehead atoms. The van der Waals surface area contributed by atoms with Crippen LogP contribution >= 0.6 is 0 Å². The third kappa shape index (κ3) is 5.00. The average Bonchev–Trinajstić information content (AvgIpc) is 2.44. The molecule has 19 heavy (non-hydrogen) atoms. The largest absolute Gasteiger partial charge is 0.468 e. The van der Waals surface area contributed by atoms with Gasteiger partial charge in [0.2, 0.25) is 0 Å². The highest BCUT2D eigenvalue weighted by Gasteiger charge is 2.21. The minimum atomic E-state index is -3.04. The van der Waals surface area contributed by atoms with Gasteiger partial charge in [0.25, 0.3) is 0 Å². The van der Waals surface area contributed by atoms with E-state index in [1.54, 1.807) is 19.1 Å². The summed E-state index contributed by atoms with van der Waals surface area (Å²) in [6.07, 6.45) is 0. The second-order valence-corrected chi connectivity index (χ2v) is 6.53. The molecular weight excluding hydrogens is 266 g/mol. The predicted molar refractivity (Wildman–Crippen MR) is 73.5 cm³/mol. The normalized spacial score (nSPS) is 12.9. The molecule has 1 rings (SSSR count). The van der Waals surface area contributed by atoms with E-state index in [1.165, 1.54) is 7.11 Å². The van der Waals surface area contributed by atoms with Crippen molar-refractivity contribution in [1.82, 2.24) is 5.32 Å². The van der Waals surface area contributed by atoms with Crippen LogP contribution in [0.25, 0.3) is 0 Å². The van der Waals surface area contributed by atoms with Crippen LogP contribution in [0.5, 0.6) is 0 Å². The van der Waals surface area contributed by atoms with Crippen molar-refractivity contribution in [1.29, 1.82) is 0 Å². The summed E-state index contributed by atoms with van der Waals surface area (Å²) in [6, 6.07) is 8.43. The van der Waals surface area contributed by atoms with Crippen LogP contribution in [-0.4, -0.2) is 39.5 Å². The molecular formula is C13H19NO4S. The third-order valence-electron chi connectivity index (χ3n) is 2.77. The second kappa shape index (κ2) is 7.25. The number of nitrogens with one attached hydrogen (secondary N) is 1. The Morgan fingerprint density at radius 2 is 1.95 bits per heavy atom. The summed E-state index contributed by atoms with van der Waals surface area (Å²) in [5.74, 6) is -0.327. The first-order valence-electron chi connectivity index (χ1n) is 6.06. The first kappa shape index (κ1) is 15.7. The molecule has 0 spiro atoms. The van der Waals surface area contributed by atoms with Gasteiger partial charge in [-0.05, 0) is 5.56 Å². The van der Waals surface area contributed by atoms with Crippen LogP contribution in [0, 0.1) is 0 Å². The molecule has 1 atom stereocenters. The molecule has 5 nitrogen and oxygen atoms in total. The van der Waals surface area contributed by atoms with E-state index in [2.05, 4.69) is 5.32 Å². The molecule has 106 valence electrons. The van der Waals surface area contributed by atoms with Crippen molar-refractivity contribution in [3.05, 3.63) is 35.9 Å². The number of hydrogen-bond donors (Lipinski definition) is 1. The van der Waals surface area contributed by atoms with Crippen molar-refractivity contribution in [2.24, 2.45) is 0 Å². The van der Waals surface area contributed by atoms with E-state index in [0.717, 1.165) is 5.56 Å². The Morgan fingerprint density at radius 1 is 1.32 bits per heavy atom. The molecule has 0 aliphatic heterocycles. The van der Waals surface area contributed by atoms with E-state index in [9.17, 15) is 13.2 Å². The summed E-state index contributed by atoms with van der Waals surface area (Å²) >= 11 is 0. The number of carbonyl (C=O) groups is 1. The van der Waals surface area contributed by atoms with Gasteiger partial charge in [0, 0.05) is 12.3 Å². The Labute approximate surface area is 113 Å².